The molecule has 4 unspecified atom stereocenters. The van der Waals surface area contributed by atoms with Crippen LogP contribution >= 0.6 is 0 Å². The van der Waals surface area contributed by atoms with Gasteiger partial charge in [0.2, 0.25) is 5.89 Å². The highest BCUT2D eigenvalue weighted by atomic mass is 16.6. The number of rotatable bonds is 6. The van der Waals surface area contributed by atoms with Crippen molar-refractivity contribution < 1.29 is 14.2 Å². The van der Waals surface area contributed by atoms with E-state index < -0.39 is 0 Å². The third-order valence-electron chi connectivity index (χ3n) is 9.78. The van der Waals surface area contributed by atoms with E-state index in [2.05, 4.69) is 29.1 Å². The number of carbonyl (C=O) groups is 1. The van der Waals surface area contributed by atoms with Gasteiger partial charge < -0.3 is 14.3 Å². The Kier molecular flexibility index (Phi) is 6.13. The lowest BCUT2D eigenvalue weighted by Crippen LogP contribution is -2.53. The van der Waals surface area contributed by atoms with Crippen molar-refractivity contribution in [1.82, 2.24) is 15.0 Å². The maximum absolute atomic E-state index is 12.6. The molecule has 0 N–H and O–H groups in total. The molecule has 0 amide bonds. The minimum Gasteiger partial charge on any atom is -0.395 e. The fourth-order valence-corrected chi connectivity index (χ4v) is 7.92. The summed E-state index contributed by atoms with van der Waals surface area (Å²) in [5.41, 5.74) is 1.58. The lowest BCUT2D eigenvalue weighted by Gasteiger charge is -2.59. The van der Waals surface area contributed by atoms with Gasteiger partial charge in [-0.2, -0.15) is 4.98 Å². The van der Waals surface area contributed by atoms with Crippen LogP contribution in [0.4, 0.5) is 0 Å². The number of nitrogens with zero attached hydrogens (tertiary/aromatic N) is 4. The van der Waals surface area contributed by atoms with Gasteiger partial charge in [0.1, 0.15) is 12.4 Å². The standard InChI is InChI=1S/C26H40N4O3/c1-25-12-9-18(28-32-14-11-24-27-23(29-33-24)16-30(3)4)15-17(25)5-6-19-20-7-8-22(31)26(20,2)13-10-21(19)25/h17,19-21H,5-16H2,1-4H3/b28-18-/t17?,19?,20?,21?,25-,26-/m0/s1. The van der Waals surface area contributed by atoms with Crippen molar-refractivity contribution in [2.24, 2.45) is 39.7 Å². The summed E-state index contributed by atoms with van der Waals surface area (Å²) in [6.45, 7) is 5.96. The maximum atomic E-state index is 12.6. The molecule has 4 saturated carbocycles. The zero-order valence-corrected chi connectivity index (χ0v) is 20.8. The first kappa shape index (κ1) is 23.0. The average molecular weight is 457 g/mol. The molecule has 0 bridgehead atoms. The van der Waals surface area contributed by atoms with Crippen molar-refractivity contribution >= 4 is 11.5 Å². The summed E-state index contributed by atoms with van der Waals surface area (Å²) in [6, 6.07) is 0. The summed E-state index contributed by atoms with van der Waals surface area (Å²) in [5.74, 6) is 4.70. The minimum atomic E-state index is -0.0227. The molecule has 6 atom stereocenters. The van der Waals surface area contributed by atoms with E-state index in [0.29, 0.717) is 54.3 Å². The Hall–Kier alpha value is -1.76. The average Bonchev–Trinajstić information content (AvgIpc) is 3.34. The van der Waals surface area contributed by atoms with E-state index in [9.17, 15) is 4.79 Å². The Morgan fingerprint density at radius 1 is 1.12 bits per heavy atom. The molecule has 1 aromatic heterocycles. The first-order valence-electron chi connectivity index (χ1n) is 13.0. The molecule has 5 rings (SSSR count). The first-order valence-corrected chi connectivity index (χ1v) is 13.0. The van der Waals surface area contributed by atoms with Gasteiger partial charge in [0, 0.05) is 11.8 Å². The molecule has 0 aromatic carbocycles. The SMILES string of the molecule is CN(C)Cc1noc(CCO/N=C2/CC[C@@]3(C)C(CCC4C3CC[C@]3(C)C(=O)CCC43)C2)n1. The molecule has 4 aliphatic carbocycles. The minimum absolute atomic E-state index is 0.0227. The second-order valence-corrected chi connectivity index (χ2v) is 11.9. The zero-order chi connectivity index (χ0) is 23.2. The molecule has 7 heteroatoms. The molecule has 0 radical (unpaired) electrons. The van der Waals surface area contributed by atoms with Crippen molar-refractivity contribution in [1.29, 1.82) is 0 Å². The molecule has 0 spiro atoms. The van der Waals surface area contributed by atoms with Crippen LogP contribution in [-0.4, -0.2) is 47.2 Å². The monoisotopic (exact) mass is 456 g/mol. The fourth-order valence-electron chi connectivity index (χ4n) is 7.92. The quantitative estimate of drug-likeness (QED) is 0.457. The van der Waals surface area contributed by atoms with Crippen LogP contribution in [0.1, 0.15) is 83.3 Å². The maximum Gasteiger partial charge on any atom is 0.230 e. The van der Waals surface area contributed by atoms with E-state index in [1.54, 1.807) is 0 Å². The van der Waals surface area contributed by atoms with Crippen LogP contribution in [0.5, 0.6) is 0 Å². The first-order chi connectivity index (χ1) is 15.8. The van der Waals surface area contributed by atoms with E-state index in [4.69, 9.17) is 9.36 Å². The van der Waals surface area contributed by atoms with Gasteiger partial charge in [-0.25, -0.2) is 0 Å². The summed E-state index contributed by atoms with van der Waals surface area (Å²) in [5, 5.41) is 8.53. The Morgan fingerprint density at radius 3 is 2.79 bits per heavy atom. The number of hydrogen-bond acceptors (Lipinski definition) is 7. The smallest absolute Gasteiger partial charge is 0.230 e. The Balaban J connectivity index is 1.16. The highest BCUT2D eigenvalue weighted by Crippen LogP contribution is 2.65. The Bertz CT molecular complexity index is 911. The number of aromatic nitrogens is 2. The van der Waals surface area contributed by atoms with Gasteiger partial charge in [0.05, 0.1) is 18.7 Å². The van der Waals surface area contributed by atoms with E-state index in [1.165, 1.54) is 31.4 Å². The topological polar surface area (TPSA) is 80.8 Å². The summed E-state index contributed by atoms with van der Waals surface area (Å²) in [4.78, 5) is 24.7. The lowest BCUT2D eigenvalue weighted by atomic mass is 9.45. The lowest BCUT2D eigenvalue weighted by molar-refractivity contribution is -0.137. The third kappa shape index (κ3) is 4.15. The molecule has 4 fully saturated rings. The van der Waals surface area contributed by atoms with Crippen molar-refractivity contribution in [3.63, 3.8) is 0 Å². The number of carbonyl (C=O) groups excluding carboxylic acids is 1. The van der Waals surface area contributed by atoms with Crippen LogP contribution in [-0.2, 0) is 22.6 Å². The third-order valence-corrected chi connectivity index (χ3v) is 9.78. The van der Waals surface area contributed by atoms with E-state index in [-0.39, 0.29) is 5.41 Å². The molecule has 182 valence electrons. The van der Waals surface area contributed by atoms with Gasteiger partial charge in [0.25, 0.3) is 0 Å². The summed E-state index contributed by atoms with van der Waals surface area (Å²) < 4.78 is 5.30. The Morgan fingerprint density at radius 2 is 1.97 bits per heavy atom. The molecule has 4 aliphatic rings. The van der Waals surface area contributed by atoms with Gasteiger partial charge in [0.15, 0.2) is 5.82 Å². The van der Waals surface area contributed by atoms with Gasteiger partial charge in [-0.15, -0.1) is 0 Å². The predicted octanol–water partition coefficient (Wildman–Crippen LogP) is 4.66. The highest BCUT2D eigenvalue weighted by Gasteiger charge is 2.60. The molecule has 33 heavy (non-hydrogen) atoms. The molecular weight excluding hydrogens is 416 g/mol. The van der Waals surface area contributed by atoms with Gasteiger partial charge >= 0.3 is 0 Å². The van der Waals surface area contributed by atoms with Crippen molar-refractivity contribution in [3.05, 3.63) is 11.7 Å². The summed E-state index contributed by atoms with van der Waals surface area (Å²) in [6.07, 6.45) is 10.7. The molecular formula is C26H40N4O3. The normalized spacial score (nSPS) is 39.4. The predicted molar refractivity (Wildman–Crippen MR) is 126 cm³/mol. The number of hydrogen-bond donors (Lipinski definition) is 0. The van der Waals surface area contributed by atoms with Gasteiger partial charge in [-0.1, -0.05) is 24.2 Å². The van der Waals surface area contributed by atoms with Gasteiger partial charge in [-0.3, -0.25) is 4.79 Å². The molecule has 0 aliphatic heterocycles. The number of ketones is 1. The summed E-state index contributed by atoms with van der Waals surface area (Å²) >= 11 is 0. The van der Waals surface area contributed by atoms with Crippen molar-refractivity contribution in [2.45, 2.75) is 84.6 Å². The number of Topliss-reactive ketones (excluding diaryl/α,β-unsaturated/α-hetero) is 1. The molecule has 1 heterocycles. The van der Waals surface area contributed by atoms with Crippen LogP contribution in [0.3, 0.4) is 0 Å². The van der Waals surface area contributed by atoms with E-state index in [0.717, 1.165) is 43.9 Å². The van der Waals surface area contributed by atoms with Crippen LogP contribution in [0.25, 0.3) is 0 Å². The second kappa shape index (κ2) is 8.79. The number of oxime groups is 1. The van der Waals surface area contributed by atoms with Crippen LogP contribution in [0.2, 0.25) is 0 Å². The second-order valence-electron chi connectivity index (χ2n) is 11.9. The highest BCUT2D eigenvalue weighted by molar-refractivity contribution is 5.87. The largest absolute Gasteiger partial charge is 0.395 e. The van der Waals surface area contributed by atoms with Gasteiger partial charge in [-0.05, 0) is 94.5 Å². The summed E-state index contributed by atoms with van der Waals surface area (Å²) in [7, 11) is 3.97. The van der Waals surface area contributed by atoms with Crippen LogP contribution < -0.4 is 0 Å². The molecule has 1 aromatic rings. The van der Waals surface area contributed by atoms with E-state index >= 15 is 0 Å². The van der Waals surface area contributed by atoms with E-state index in [1.807, 2.05) is 19.0 Å². The van der Waals surface area contributed by atoms with Crippen molar-refractivity contribution in [3.8, 4) is 0 Å². The van der Waals surface area contributed by atoms with Crippen molar-refractivity contribution in [2.75, 3.05) is 20.7 Å². The number of fused-ring (bicyclic) bond motifs is 5. The Labute approximate surface area is 197 Å². The molecule has 0 saturated heterocycles. The fraction of sp³-hybridized carbons (Fsp3) is 0.846. The van der Waals surface area contributed by atoms with Crippen LogP contribution in [0.15, 0.2) is 9.68 Å². The molecule has 7 nitrogen and oxygen atoms in total. The van der Waals surface area contributed by atoms with Crippen LogP contribution in [0, 0.1) is 34.5 Å². The zero-order valence-electron chi connectivity index (χ0n) is 20.8.